The van der Waals surface area contributed by atoms with Crippen molar-refractivity contribution in [1.82, 2.24) is 19.9 Å². The molecule has 3 aliphatic rings. The maximum Gasteiger partial charge on any atom is 0.273 e. The van der Waals surface area contributed by atoms with Crippen LogP contribution in [0.1, 0.15) is 40.6 Å². The third-order valence-electron chi connectivity index (χ3n) is 5.96. The van der Waals surface area contributed by atoms with Gasteiger partial charge in [0.2, 0.25) is 0 Å². The highest BCUT2D eigenvalue weighted by atomic mass is 19.1. The van der Waals surface area contributed by atoms with Crippen molar-refractivity contribution >= 4 is 5.91 Å². The molecule has 1 unspecified atom stereocenters. The standard InChI is InChI=1S/C21H26FN5O3/c22-16-3-1-14(2-4-16)13-30-17-10-26(11-17)12-19-24-21(28)18-9-23-20(27(18)25-19)15-5-7-29-8-6-15/h1-4,9,15,17,19,25H,5-8,10-13H2,(H,24,28). The van der Waals surface area contributed by atoms with E-state index in [-0.39, 0.29) is 24.0 Å². The van der Waals surface area contributed by atoms with Crippen LogP contribution < -0.4 is 10.7 Å². The summed E-state index contributed by atoms with van der Waals surface area (Å²) in [5.41, 5.74) is 4.93. The number of rotatable bonds is 6. The number of amides is 1. The summed E-state index contributed by atoms with van der Waals surface area (Å²) >= 11 is 0. The number of hydrogen-bond acceptors (Lipinski definition) is 6. The average molecular weight is 415 g/mol. The lowest BCUT2D eigenvalue weighted by molar-refractivity contribution is -0.0645. The van der Waals surface area contributed by atoms with Gasteiger partial charge in [-0.3, -0.25) is 9.69 Å². The van der Waals surface area contributed by atoms with Gasteiger partial charge in [0.1, 0.15) is 23.5 Å². The van der Waals surface area contributed by atoms with E-state index >= 15 is 0 Å². The molecule has 4 heterocycles. The molecule has 2 saturated heterocycles. The summed E-state index contributed by atoms with van der Waals surface area (Å²) in [4.78, 5) is 19.3. The Kier molecular flexibility index (Phi) is 5.41. The van der Waals surface area contributed by atoms with E-state index in [1.807, 2.05) is 4.68 Å². The van der Waals surface area contributed by atoms with Gasteiger partial charge in [0, 0.05) is 38.8 Å². The van der Waals surface area contributed by atoms with Crippen molar-refractivity contribution in [2.45, 2.75) is 37.6 Å². The molecule has 0 saturated carbocycles. The fraction of sp³-hybridized carbons (Fsp3) is 0.524. The summed E-state index contributed by atoms with van der Waals surface area (Å²) in [5, 5.41) is 3.01. The maximum atomic E-state index is 13.0. The molecule has 2 aromatic rings. The number of aromatic nitrogens is 2. The number of carbonyl (C=O) groups excluding carboxylic acids is 1. The Morgan fingerprint density at radius 3 is 2.73 bits per heavy atom. The van der Waals surface area contributed by atoms with Crippen LogP contribution in [0.25, 0.3) is 0 Å². The fourth-order valence-electron chi connectivity index (χ4n) is 4.24. The molecule has 1 aromatic carbocycles. The number of hydrogen-bond donors (Lipinski definition) is 2. The minimum Gasteiger partial charge on any atom is -0.381 e. The van der Waals surface area contributed by atoms with Gasteiger partial charge in [-0.1, -0.05) is 12.1 Å². The van der Waals surface area contributed by atoms with Gasteiger partial charge in [0.05, 0.1) is 18.9 Å². The molecule has 0 bridgehead atoms. The van der Waals surface area contributed by atoms with Gasteiger partial charge >= 0.3 is 0 Å². The largest absolute Gasteiger partial charge is 0.381 e. The van der Waals surface area contributed by atoms with Crippen molar-refractivity contribution in [3.05, 3.63) is 53.4 Å². The zero-order valence-electron chi connectivity index (χ0n) is 16.7. The predicted molar refractivity (Wildman–Crippen MR) is 107 cm³/mol. The first kappa shape index (κ1) is 19.5. The second-order valence-corrected chi connectivity index (χ2v) is 8.16. The van der Waals surface area contributed by atoms with Gasteiger partial charge in [-0.2, -0.15) is 0 Å². The van der Waals surface area contributed by atoms with E-state index in [4.69, 9.17) is 9.47 Å². The second-order valence-electron chi connectivity index (χ2n) is 8.16. The Hall–Kier alpha value is -2.49. The molecule has 1 amide bonds. The van der Waals surface area contributed by atoms with E-state index in [1.54, 1.807) is 18.3 Å². The SMILES string of the molecule is O=C1NC(CN2CC(OCc3ccc(F)cc3)C2)Nn2c1cnc2C1CCOCC1. The van der Waals surface area contributed by atoms with Gasteiger partial charge in [-0.15, -0.1) is 0 Å². The van der Waals surface area contributed by atoms with Crippen LogP contribution in [0.3, 0.4) is 0 Å². The Bertz CT molecular complexity index is 891. The third-order valence-corrected chi connectivity index (χ3v) is 5.96. The molecule has 1 aromatic heterocycles. The topological polar surface area (TPSA) is 80.7 Å². The summed E-state index contributed by atoms with van der Waals surface area (Å²) in [6, 6.07) is 6.38. The first-order valence-electron chi connectivity index (χ1n) is 10.5. The van der Waals surface area contributed by atoms with Gasteiger partial charge in [-0.05, 0) is 30.5 Å². The molecule has 0 radical (unpaired) electrons. The second kappa shape index (κ2) is 8.33. The summed E-state index contributed by atoms with van der Waals surface area (Å²) in [6.45, 7) is 4.24. The van der Waals surface area contributed by atoms with E-state index in [0.717, 1.165) is 50.5 Å². The van der Waals surface area contributed by atoms with Crippen molar-refractivity contribution in [3.8, 4) is 0 Å². The molecule has 160 valence electrons. The van der Waals surface area contributed by atoms with E-state index in [1.165, 1.54) is 12.1 Å². The Morgan fingerprint density at radius 1 is 1.20 bits per heavy atom. The van der Waals surface area contributed by atoms with Gasteiger partial charge in [0.15, 0.2) is 0 Å². The molecule has 5 rings (SSSR count). The highest BCUT2D eigenvalue weighted by Gasteiger charge is 2.34. The van der Waals surface area contributed by atoms with Crippen molar-refractivity contribution in [3.63, 3.8) is 0 Å². The minimum absolute atomic E-state index is 0.103. The summed E-state index contributed by atoms with van der Waals surface area (Å²) < 4.78 is 26.2. The molecule has 9 heteroatoms. The third kappa shape index (κ3) is 4.05. The van der Waals surface area contributed by atoms with Crippen LogP contribution >= 0.6 is 0 Å². The monoisotopic (exact) mass is 415 g/mol. The molecule has 3 aliphatic heterocycles. The van der Waals surface area contributed by atoms with E-state index in [0.29, 0.717) is 24.8 Å². The number of nitrogens with zero attached hydrogens (tertiary/aromatic N) is 3. The van der Waals surface area contributed by atoms with Crippen LogP contribution in [0, 0.1) is 5.82 Å². The van der Waals surface area contributed by atoms with Crippen molar-refractivity contribution in [2.75, 3.05) is 38.3 Å². The first-order valence-corrected chi connectivity index (χ1v) is 10.5. The Labute approximate surface area is 174 Å². The lowest BCUT2D eigenvalue weighted by atomic mass is 10.00. The molecule has 2 N–H and O–H groups in total. The lowest BCUT2D eigenvalue weighted by Gasteiger charge is -2.42. The van der Waals surface area contributed by atoms with E-state index in [2.05, 4.69) is 20.6 Å². The van der Waals surface area contributed by atoms with Gasteiger partial charge in [0.25, 0.3) is 5.91 Å². The molecule has 30 heavy (non-hydrogen) atoms. The number of imidazole rings is 1. The van der Waals surface area contributed by atoms with Crippen LogP contribution in [0.4, 0.5) is 4.39 Å². The highest BCUT2D eigenvalue weighted by molar-refractivity contribution is 5.93. The van der Waals surface area contributed by atoms with E-state index < -0.39 is 0 Å². The minimum atomic E-state index is -0.239. The van der Waals surface area contributed by atoms with Crippen molar-refractivity contribution in [1.29, 1.82) is 0 Å². The predicted octanol–water partition coefficient (Wildman–Crippen LogP) is 1.43. The fourth-order valence-corrected chi connectivity index (χ4v) is 4.24. The molecule has 1 atom stereocenters. The van der Waals surface area contributed by atoms with Gasteiger partial charge in [-0.25, -0.2) is 14.1 Å². The molecule has 8 nitrogen and oxygen atoms in total. The quantitative estimate of drug-likeness (QED) is 0.743. The number of likely N-dealkylation sites (tertiary alicyclic amines) is 1. The van der Waals surface area contributed by atoms with Crippen molar-refractivity contribution in [2.24, 2.45) is 0 Å². The number of halogens is 1. The summed E-state index contributed by atoms with van der Waals surface area (Å²) in [5.74, 6) is 0.878. The van der Waals surface area contributed by atoms with E-state index in [9.17, 15) is 9.18 Å². The number of ether oxygens (including phenoxy) is 2. The first-order chi connectivity index (χ1) is 14.7. The van der Waals surface area contributed by atoms with Crippen LogP contribution in [-0.2, 0) is 16.1 Å². The summed E-state index contributed by atoms with van der Waals surface area (Å²) in [7, 11) is 0. The van der Waals surface area contributed by atoms with Crippen LogP contribution in [0.15, 0.2) is 30.5 Å². The lowest BCUT2D eigenvalue weighted by Crippen LogP contribution is -2.61. The normalized spacial score (nSPS) is 22.8. The van der Waals surface area contributed by atoms with Crippen molar-refractivity contribution < 1.29 is 18.7 Å². The van der Waals surface area contributed by atoms with Crippen LogP contribution in [0.2, 0.25) is 0 Å². The molecule has 0 spiro atoms. The van der Waals surface area contributed by atoms with Crippen LogP contribution in [-0.4, -0.2) is 65.6 Å². The number of carbonyl (C=O) groups is 1. The molecular weight excluding hydrogens is 389 g/mol. The number of fused-ring (bicyclic) bond motifs is 1. The molecule has 0 aliphatic carbocycles. The van der Waals surface area contributed by atoms with Crippen LogP contribution in [0.5, 0.6) is 0 Å². The number of nitrogens with one attached hydrogen (secondary N) is 2. The maximum absolute atomic E-state index is 13.0. The zero-order chi connectivity index (χ0) is 20.5. The Balaban J connectivity index is 1.13. The molecule has 2 fully saturated rings. The summed E-state index contributed by atoms with van der Waals surface area (Å²) in [6.07, 6.45) is 3.45. The Morgan fingerprint density at radius 2 is 1.97 bits per heavy atom. The zero-order valence-corrected chi connectivity index (χ0v) is 16.7. The number of benzene rings is 1. The average Bonchev–Trinajstić information content (AvgIpc) is 3.16. The highest BCUT2D eigenvalue weighted by Crippen LogP contribution is 2.27. The van der Waals surface area contributed by atoms with Gasteiger partial charge < -0.3 is 20.2 Å². The molecular formula is C21H26FN5O3. The smallest absolute Gasteiger partial charge is 0.273 e.